The van der Waals surface area contributed by atoms with E-state index in [1.165, 1.54) is 0 Å². The molecule has 33 heavy (non-hydrogen) atoms. The van der Waals surface area contributed by atoms with Gasteiger partial charge in [-0.15, -0.1) is 0 Å². The molecule has 1 saturated heterocycles. The Balaban J connectivity index is 1.46. The monoisotopic (exact) mass is 487 g/mol. The SMILES string of the molecule is COc1cc(N2CCN(C(=O)Cn3nc(-c4cccc(C)n4)c(Cl)c3C)C(C)C2)ccc1Cl. The maximum atomic E-state index is 13.2. The summed E-state index contributed by atoms with van der Waals surface area (Å²) in [6, 6.07) is 11.5. The van der Waals surface area contributed by atoms with Crippen LogP contribution in [0.15, 0.2) is 36.4 Å². The summed E-state index contributed by atoms with van der Waals surface area (Å²) in [5.41, 5.74) is 3.97. The molecule has 0 radical (unpaired) electrons. The van der Waals surface area contributed by atoms with Gasteiger partial charge in [-0.25, -0.2) is 0 Å². The molecular formula is C24H27Cl2N5O2. The molecule has 3 aromatic rings. The van der Waals surface area contributed by atoms with Gasteiger partial charge < -0.3 is 14.5 Å². The highest BCUT2D eigenvalue weighted by atomic mass is 35.5. The molecule has 1 atom stereocenters. The minimum Gasteiger partial charge on any atom is -0.495 e. The lowest BCUT2D eigenvalue weighted by atomic mass is 10.1. The number of carbonyl (C=O) groups excluding carboxylic acids is 1. The average Bonchev–Trinajstić information content (AvgIpc) is 3.07. The van der Waals surface area contributed by atoms with E-state index in [2.05, 4.69) is 21.9 Å². The van der Waals surface area contributed by atoms with Gasteiger partial charge in [0.2, 0.25) is 5.91 Å². The van der Waals surface area contributed by atoms with Crippen molar-refractivity contribution in [2.75, 3.05) is 31.6 Å². The minimum atomic E-state index is 0.0156. The van der Waals surface area contributed by atoms with Crippen LogP contribution in [0.5, 0.6) is 5.75 Å². The maximum absolute atomic E-state index is 13.2. The Labute approximate surface area is 203 Å². The molecule has 9 heteroatoms. The van der Waals surface area contributed by atoms with Crippen LogP contribution in [0.4, 0.5) is 5.69 Å². The number of hydrogen-bond donors (Lipinski definition) is 0. The summed E-state index contributed by atoms with van der Waals surface area (Å²) in [5.74, 6) is 0.659. The first kappa shape index (κ1) is 23.4. The van der Waals surface area contributed by atoms with Crippen LogP contribution in [-0.4, -0.2) is 58.4 Å². The largest absolute Gasteiger partial charge is 0.495 e. The fourth-order valence-corrected chi connectivity index (χ4v) is 4.57. The van der Waals surface area contributed by atoms with Gasteiger partial charge in [0, 0.05) is 43.1 Å². The lowest BCUT2D eigenvalue weighted by molar-refractivity contribution is -0.134. The van der Waals surface area contributed by atoms with Crippen LogP contribution in [0.2, 0.25) is 10.0 Å². The van der Waals surface area contributed by atoms with Gasteiger partial charge in [0.15, 0.2) is 0 Å². The molecule has 1 fully saturated rings. The van der Waals surface area contributed by atoms with Crippen LogP contribution in [-0.2, 0) is 11.3 Å². The molecule has 0 saturated carbocycles. The zero-order valence-electron chi connectivity index (χ0n) is 19.2. The number of hydrogen-bond acceptors (Lipinski definition) is 5. The number of aryl methyl sites for hydroxylation is 1. The normalized spacial score (nSPS) is 16.2. The number of pyridine rings is 1. The number of carbonyl (C=O) groups is 1. The van der Waals surface area contributed by atoms with Gasteiger partial charge in [-0.3, -0.25) is 14.5 Å². The smallest absolute Gasteiger partial charge is 0.244 e. The predicted molar refractivity (Wildman–Crippen MR) is 131 cm³/mol. The van der Waals surface area contributed by atoms with Gasteiger partial charge in [-0.1, -0.05) is 29.3 Å². The number of aromatic nitrogens is 3. The van der Waals surface area contributed by atoms with Crippen molar-refractivity contribution in [3.63, 3.8) is 0 Å². The molecule has 1 amide bonds. The summed E-state index contributed by atoms with van der Waals surface area (Å²) in [6.45, 7) is 8.04. The van der Waals surface area contributed by atoms with E-state index < -0.39 is 0 Å². The summed E-state index contributed by atoms with van der Waals surface area (Å²) < 4.78 is 7.02. The zero-order chi connectivity index (χ0) is 23.7. The van der Waals surface area contributed by atoms with Crippen LogP contribution < -0.4 is 9.64 Å². The average molecular weight is 488 g/mol. The molecule has 0 spiro atoms. The van der Waals surface area contributed by atoms with Crippen LogP contribution in [0.25, 0.3) is 11.4 Å². The van der Waals surface area contributed by atoms with E-state index >= 15 is 0 Å². The Hall–Kier alpha value is -2.77. The van der Waals surface area contributed by atoms with E-state index in [1.54, 1.807) is 11.8 Å². The van der Waals surface area contributed by atoms with Crippen molar-refractivity contribution in [1.29, 1.82) is 0 Å². The number of halogens is 2. The van der Waals surface area contributed by atoms with Crippen LogP contribution in [0, 0.1) is 13.8 Å². The summed E-state index contributed by atoms with van der Waals surface area (Å²) in [5, 5.41) is 5.71. The molecule has 1 aliphatic rings. The highest BCUT2D eigenvalue weighted by molar-refractivity contribution is 6.33. The molecule has 7 nitrogen and oxygen atoms in total. The number of ether oxygens (including phenoxy) is 1. The van der Waals surface area contributed by atoms with E-state index in [0.29, 0.717) is 40.3 Å². The molecule has 1 aliphatic heterocycles. The second kappa shape index (κ2) is 9.61. The molecule has 2 aromatic heterocycles. The molecule has 174 valence electrons. The summed E-state index contributed by atoms with van der Waals surface area (Å²) >= 11 is 12.7. The molecule has 4 rings (SSSR count). The lowest BCUT2D eigenvalue weighted by Crippen LogP contribution is -2.54. The van der Waals surface area contributed by atoms with Crippen molar-refractivity contribution < 1.29 is 9.53 Å². The maximum Gasteiger partial charge on any atom is 0.244 e. The first-order valence-corrected chi connectivity index (χ1v) is 11.6. The van der Waals surface area contributed by atoms with Crippen molar-refractivity contribution in [3.8, 4) is 17.1 Å². The van der Waals surface area contributed by atoms with Gasteiger partial charge >= 0.3 is 0 Å². The highest BCUT2D eigenvalue weighted by Gasteiger charge is 2.29. The number of amides is 1. The first-order valence-electron chi connectivity index (χ1n) is 10.8. The fraction of sp³-hybridized carbons (Fsp3) is 0.375. The van der Waals surface area contributed by atoms with Crippen molar-refractivity contribution in [3.05, 3.63) is 57.8 Å². The molecular weight excluding hydrogens is 461 g/mol. The van der Waals surface area contributed by atoms with E-state index in [9.17, 15) is 4.79 Å². The Bertz CT molecular complexity index is 1180. The lowest BCUT2D eigenvalue weighted by Gasteiger charge is -2.41. The molecule has 1 unspecified atom stereocenters. The Morgan fingerprint density at radius 3 is 2.67 bits per heavy atom. The summed E-state index contributed by atoms with van der Waals surface area (Å²) in [4.78, 5) is 21.8. The van der Waals surface area contributed by atoms with E-state index in [0.717, 1.165) is 23.6 Å². The first-order chi connectivity index (χ1) is 15.8. The van der Waals surface area contributed by atoms with Gasteiger partial charge in [0.1, 0.15) is 18.0 Å². The van der Waals surface area contributed by atoms with E-state index in [1.807, 2.05) is 55.1 Å². The predicted octanol–water partition coefficient (Wildman–Crippen LogP) is 4.61. The molecule has 0 N–H and O–H groups in total. The number of methoxy groups -OCH3 is 1. The van der Waals surface area contributed by atoms with E-state index in [-0.39, 0.29) is 18.5 Å². The molecule has 3 heterocycles. The number of nitrogens with zero attached hydrogens (tertiary/aromatic N) is 5. The van der Waals surface area contributed by atoms with Gasteiger partial charge in [0.05, 0.1) is 28.5 Å². The second-order valence-corrected chi connectivity index (χ2v) is 9.06. The standard InChI is InChI=1S/C24H27Cl2N5O2/c1-15-6-5-7-20(27-15)24-23(26)17(3)31(28-24)14-22(32)30-11-10-29(13-16(30)2)18-8-9-19(25)21(12-18)33-4/h5-9,12,16H,10-11,13-14H2,1-4H3. The topological polar surface area (TPSA) is 63.5 Å². The number of piperazine rings is 1. The summed E-state index contributed by atoms with van der Waals surface area (Å²) in [6.07, 6.45) is 0. The van der Waals surface area contributed by atoms with Gasteiger partial charge in [0.25, 0.3) is 0 Å². The number of benzene rings is 1. The third-order valence-electron chi connectivity index (χ3n) is 6.00. The summed E-state index contributed by atoms with van der Waals surface area (Å²) in [7, 11) is 1.61. The van der Waals surface area contributed by atoms with Crippen molar-refractivity contribution in [2.45, 2.75) is 33.4 Å². The van der Waals surface area contributed by atoms with Crippen LogP contribution in [0.1, 0.15) is 18.3 Å². The third-order valence-corrected chi connectivity index (χ3v) is 6.76. The number of anilines is 1. The third kappa shape index (κ3) is 4.80. The molecule has 1 aromatic carbocycles. The number of rotatable bonds is 5. The van der Waals surface area contributed by atoms with Crippen LogP contribution >= 0.6 is 23.2 Å². The van der Waals surface area contributed by atoms with Crippen molar-refractivity contribution in [1.82, 2.24) is 19.7 Å². The minimum absolute atomic E-state index is 0.0156. The fourth-order valence-electron chi connectivity index (χ4n) is 4.14. The quantitative estimate of drug-likeness (QED) is 0.525. The molecule has 0 aliphatic carbocycles. The van der Waals surface area contributed by atoms with Crippen LogP contribution in [0.3, 0.4) is 0 Å². The van der Waals surface area contributed by atoms with Gasteiger partial charge in [-0.2, -0.15) is 5.10 Å². The highest BCUT2D eigenvalue weighted by Crippen LogP contribution is 2.31. The zero-order valence-corrected chi connectivity index (χ0v) is 20.7. The Morgan fingerprint density at radius 1 is 1.18 bits per heavy atom. The van der Waals surface area contributed by atoms with Crippen molar-refractivity contribution >= 4 is 34.8 Å². The Kier molecular flexibility index (Phi) is 6.81. The Morgan fingerprint density at radius 2 is 1.97 bits per heavy atom. The van der Waals surface area contributed by atoms with Crippen molar-refractivity contribution in [2.24, 2.45) is 0 Å². The van der Waals surface area contributed by atoms with Gasteiger partial charge in [-0.05, 0) is 45.0 Å². The van der Waals surface area contributed by atoms with E-state index in [4.69, 9.17) is 27.9 Å². The second-order valence-electron chi connectivity index (χ2n) is 8.27. The molecule has 0 bridgehead atoms.